The summed E-state index contributed by atoms with van der Waals surface area (Å²) in [6.07, 6.45) is 2.45. The fourth-order valence-corrected chi connectivity index (χ4v) is 2.59. The van der Waals surface area contributed by atoms with Crippen LogP contribution >= 0.6 is 0 Å². The number of amides is 1. The zero-order valence-corrected chi connectivity index (χ0v) is 13.3. The van der Waals surface area contributed by atoms with Crippen molar-refractivity contribution in [2.45, 2.75) is 26.4 Å². The van der Waals surface area contributed by atoms with Gasteiger partial charge in [-0.3, -0.25) is 4.79 Å². The van der Waals surface area contributed by atoms with Crippen LogP contribution in [0.5, 0.6) is 5.88 Å². The van der Waals surface area contributed by atoms with Crippen molar-refractivity contribution in [2.75, 3.05) is 18.5 Å². The predicted octanol–water partition coefficient (Wildman–Crippen LogP) is 3.12. The highest BCUT2D eigenvalue weighted by Gasteiger charge is 2.18. The lowest BCUT2D eigenvalue weighted by atomic mass is 10.1. The average Bonchev–Trinajstić information content (AvgIpc) is 3.04. The molecule has 1 aromatic heterocycles. The van der Waals surface area contributed by atoms with E-state index >= 15 is 0 Å². The normalized spacial score (nSPS) is 17.0. The number of para-hydroxylation sites is 1. The van der Waals surface area contributed by atoms with Gasteiger partial charge in [0.25, 0.3) is 5.91 Å². The van der Waals surface area contributed by atoms with Crippen LogP contribution in [0.1, 0.15) is 27.9 Å². The Hall–Kier alpha value is -2.40. The van der Waals surface area contributed by atoms with Crippen molar-refractivity contribution >= 4 is 11.6 Å². The summed E-state index contributed by atoms with van der Waals surface area (Å²) in [5.74, 6) is 0.284. The third kappa shape index (κ3) is 3.68. The molecule has 1 N–H and O–H groups in total. The molecule has 0 saturated carbocycles. The first-order valence-electron chi connectivity index (χ1n) is 7.71. The minimum atomic E-state index is -0.169. The number of carbonyl (C=O) groups excluding carboxylic acids is 1. The van der Waals surface area contributed by atoms with Gasteiger partial charge in [0.2, 0.25) is 5.88 Å². The highest BCUT2D eigenvalue weighted by atomic mass is 16.5. The number of hydrogen-bond acceptors (Lipinski definition) is 4. The van der Waals surface area contributed by atoms with Crippen molar-refractivity contribution < 1.29 is 14.3 Å². The minimum Gasteiger partial charge on any atom is -0.472 e. The van der Waals surface area contributed by atoms with E-state index in [2.05, 4.69) is 10.3 Å². The summed E-state index contributed by atoms with van der Waals surface area (Å²) < 4.78 is 11.0. The molecule has 2 heterocycles. The van der Waals surface area contributed by atoms with Gasteiger partial charge in [-0.1, -0.05) is 18.2 Å². The monoisotopic (exact) mass is 312 g/mol. The van der Waals surface area contributed by atoms with E-state index in [1.807, 2.05) is 32.0 Å². The van der Waals surface area contributed by atoms with Crippen LogP contribution in [-0.4, -0.2) is 30.2 Å². The maximum atomic E-state index is 12.5. The molecule has 120 valence electrons. The molecule has 1 aliphatic rings. The summed E-state index contributed by atoms with van der Waals surface area (Å²) in [4.78, 5) is 16.7. The molecular weight excluding hydrogens is 292 g/mol. The Balaban J connectivity index is 1.74. The van der Waals surface area contributed by atoms with E-state index in [1.54, 1.807) is 18.3 Å². The fourth-order valence-electron chi connectivity index (χ4n) is 2.59. The van der Waals surface area contributed by atoms with E-state index in [4.69, 9.17) is 9.47 Å². The number of aryl methyl sites for hydroxylation is 2. The van der Waals surface area contributed by atoms with Gasteiger partial charge in [-0.05, 0) is 31.0 Å². The zero-order valence-electron chi connectivity index (χ0n) is 13.3. The smallest absolute Gasteiger partial charge is 0.255 e. The van der Waals surface area contributed by atoms with Crippen molar-refractivity contribution in [3.05, 3.63) is 53.2 Å². The first-order chi connectivity index (χ1) is 11.1. The number of ether oxygens (including phenoxy) is 2. The van der Waals surface area contributed by atoms with Crippen molar-refractivity contribution in [2.24, 2.45) is 0 Å². The molecule has 2 aromatic rings. The summed E-state index contributed by atoms with van der Waals surface area (Å²) in [6, 6.07) is 9.28. The number of nitrogens with zero attached hydrogens (tertiary/aromatic N) is 1. The second-order valence-corrected chi connectivity index (χ2v) is 5.71. The van der Waals surface area contributed by atoms with Gasteiger partial charge in [-0.25, -0.2) is 4.98 Å². The van der Waals surface area contributed by atoms with Gasteiger partial charge >= 0.3 is 0 Å². The SMILES string of the molecule is Cc1cccc(C)c1NC(=O)c1ccnc(OC2CCOC2)c1. The quantitative estimate of drug-likeness (QED) is 0.942. The van der Waals surface area contributed by atoms with E-state index in [0.29, 0.717) is 24.7 Å². The van der Waals surface area contributed by atoms with Crippen LogP contribution in [-0.2, 0) is 4.74 Å². The number of nitrogens with one attached hydrogen (secondary N) is 1. The number of aromatic nitrogens is 1. The molecule has 1 saturated heterocycles. The van der Waals surface area contributed by atoms with Crippen molar-refractivity contribution in [3.8, 4) is 5.88 Å². The summed E-state index contributed by atoms with van der Waals surface area (Å²) in [6.45, 7) is 5.23. The molecule has 1 aromatic carbocycles. The van der Waals surface area contributed by atoms with Crippen LogP contribution < -0.4 is 10.1 Å². The molecule has 1 unspecified atom stereocenters. The Morgan fingerprint density at radius 3 is 2.78 bits per heavy atom. The lowest BCUT2D eigenvalue weighted by molar-refractivity contribution is 0.102. The largest absolute Gasteiger partial charge is 0.472 e. The van der Waals surface area contributed by atoms with Crippen molar-refractivity contribution in [1.82, 2.24) is 4.98 Å². The predicted molar refractivity (Wildman–Crippen MR) is 88.0 cm³/mol. The fraction of sp³-hybridized carbons (Fsp3) is 0.333. The first-order valence-corrected chi connectivity index (χ1v) is 7.71. The molecule has 1 amide bonds. The second kappa shape index (κ2) is 6.79. The molecule has 0 spiro atoms. The average molecular weight is 312 g/mol. The van der Waals surface area contributed by atoms with E-state index in [1.165, 1.54) is 0 Å². The maximum absolute atomic E-state index is 12.5. The molecular formula is C18H20N2O3. The lowest BCUT2D eigenvalue weighted by Crippen LogP contribution is -2.18. The molecule has 1 atom stereocenters. The number of rotatable bonds is 4. The van der Waals surface area contributed by atoms with Gasteiger partial charge in [-0.15, -0.1) is 0 Å². The summed E-state index contributed by atoms with van der Waals surface area (Å²) >= 11 is 0. The van der Waals surface area contributed by atoms with Gasteiger partial charge in [0.05, 0.1) is 13.2 Å². The number of hydrogen-bond donors (Lipinski definition) is 1. The third-order valence-electron chi connectivity index (χ3n) is 3.89. The van der Waals surface area contributed by atoms with Crippen molar-refractivity contribution in [3.63, 3.8) is 0 Å². The number of benzene rings is 1. The number of pyridine rings is 1. The molecule has 1 aliphatic heterocycles. The molecule has 23 heavy (non-hydrogen) atoms. The standard InChI is InChI=1S/C18H20N2O3/c1-12-4-3-5-13(2)17(12)20-18(21)14-6-8-19-16(10-14)23-15-7-9-22-11-15/h3-6,8,10,15H,7,9,11H2,1-2H3,(H,20,21). The van der Waals surface area contributed by atoms with E-state index in [-0.39, 0.29) is 12.0 Å². The van der Waals surface area contributed by atoms with Crippen LogP contribution in [0.2, 0.25) is 0 Å². The third-order valence-corrected chi connectivity index (χ3v) is 3.89. The van der Waals surface area contributed by atoms with E-state index in [9.17, 15) is 4.79 Å². The van der Waals surface area contributed by atoms with E-state index < -0.39 is 0 Å². The minimum absolute atomic E-state index is 0.0134. The molecule has 0 radical (unpaired) electrons. The Bertz CT molecular complexity index is 689. The van der Waals surface area contributed by atoms with Gasteiger partial charge in [-0.2, -0.15) is 0 Å². The first kappa shape index (κ1) is 15.5. The summed E-state index contributed by atoms with van der Waals surface area (Å²) in [5, 5.41) is 2.97. The van der Waals surface area contributed by atoms with Crippen molar-refractivity contribution in [1.29, 1.82) is 0 Å². The number of carbonyl (C=O) groups is 1. The van der Waals surface area contributed by atoms with Gasteiger partial charge in [0, 0.05) is 29.9 Å². The summed E-state index contributed by atoms with van der Waals surface area (Å²) in [5.41, 5.74) is 3.44. The van der Waals surface area contributed by atoms with Gasteiger partial charge in [0.15, 0.2) is 0 Å². The maximum Gasteiger partial charge on any atom is 0.255 e. The van der Waals surface area contributed by atoms with E-state index in [0.717, 1.165) is 23.2 Å². The van der Waals surface area contributed by atoms with Crippen LogP contribution in [0.25, 0.3) is 0 Å². The Morgan fingerprint density at radius 1 is 1.30 bits per heavy atom. The molecule has 5 heteroatoms. The van der Waals surface area contributed by atoms with Crippen LogP contribution in [0.15, 0.2) is 36.5 Å². The zero-order chi connectivity index (χ0) is 16.2. The highest BCUT2D eigenvalue weighted by molar-refractivity contribution is 6.05. The second-order valence-electron chi connectivity index (χ2n) is 5.71. The number of anilines is 1. The van der Waals surface area contributed by atoms with Gasteiger partial charge < -0.3 is 14.8 Å². The van der Waals surface area contributed by atoms with Crippen LogP contribution in [0.3, 0.4) is 0 Å². The lowest BCUT2D eigenvalue weighted by Gasteiger charge is -2.13. The van der Waals surface area contributed by atoms with Gasteiger partial charge in [0.1, 0.15) is 6.10 Å². The summed E-state index contributed by atoms with van der Waals surface area (Å²) in [7, 11) is 0. The Labute approximate surface area is 135 Å². The molecule has 5 nitrogen and oxygen atoms in total. The molecule has 3 rings (SSSR count). The molecule has 1 fully saturated rings. The van der Waals surface area contributed by atoms with Crippen LogP contribution in [0.4, 0.5) is 5.69 Å². The molecule has 0 bridgehead atoms. The molecule has 0 aliphatic carbocycles. The van der Waals surface area contributed by atoms with Crippen LogP contribution in [0, 0.1) is 13.8 Å². The highest BCUT2D eigenvalue weighted by Crippen LogP contribution is 2.21. The Morgan fingerprint density at radius 2 is 2.09 bits per heavy atom. The topological polar surface area (TPSA) is 60.5 Å². The Kier molecular flexibility index (Phi) is 4.57.